The first kappa shape index (κ1) is 28.2. The summed E-state index contributed by atoms with van der Waals surface area (Å²) in [5.74, 6) is -0.279. The zero-order valence-corrected chi connectivity index (χ0v) is 24.1. The molecule has 1 aromatic heterocycles. The highest BCUT2D eigenvalue weighted by Crippen LogP contribution is 2.36. The molecule has 0 spiro atoms. The summed E-state index contributed by atoms with van der Waals surface area (Å²) in [6.45, 7) is 14.1. The molecule has 3 aliphatic heterocycles. The SMILES string of the molecule is C=C(C)N1CCN(C(=O)OCCCN2C3CCC2CC(NC(=O)c2cc4ccccc4n(C(C)C)c2=O)C3)CC1. The van der Waals surface area contributed by atoms with E-state index in [2.05, 4.69) is 21.7 Å². The van der Waals surface area contributed by atoms with E-state index in [1.165, 1.54) is 0 Å². The van der Waals surface area contributed by atoms with Crippen molar-refractivity contribution in [2.75, 3.05) is 39.3 Å². The van der Waals surface area contributed by atoms with Crippen LogP contribution in [0.1, 0.15) is 69.3 Å². The summed E-state index contributed by atoms with van der Waals surface area (Å²) in [6, 6.07) is 10.3. The minimum absolute atomic E-state index is 0.0461. The van der Waals surface area contributed by atoms with Gasteiger partial charge in [0.05, 0.1) is 12.1 Å². The number of rotatable bonds is 8. The molecule has 2 amide bonds. The Kier molecular flexibility index (Phi) is 8.49. The van der Waals surface area contributed by atoms with Crippen LogP contribution in [0.15, 0.2) is 47.4 Å². The third kappa shape index (κ3) is 5.89. The molecule has 5 rings (SSSR count). The summed E-state index contributed by atoms with van der Waals surface area (Å²) in [5, 5.41) is 4.09. The molecule has 3 saturated heterocycles. The number of piperazine rings is 1. The van der Waals surface area contributed by atoms with Gasteiger partial charge in [-0.2, -0.15) is 0 Å². The Morgan fingerprint density at radius 2 is 1.70 bits per heavy atom. The van der Waals surface area contributed by atoms with Crippen LogP contribution < -0.4 is 10.9 Å². The normalized spacial score (nSPS) is 23.1. The fourth-order valence-electron chi connectivity index (χ4n) is 6.75. The third-order valence-electron chi connectivity index (χ3n) is 8.79. The van der Waals surface area contributed by atoms with Crippen molar-refractivity contribution in [3.63, 3.8) is 0 Å². The predicted molar refractivity (Wildman–Crippen MR) is 157 cm³/mol. The molecule has 2 unspecified atom stereocenters. The monoisotopic (exact) mass is 549 g/mol. The first-order valence-electron chi connectivity index (χ1n) is 14.8. The van der Waals surface area contributed by atoms with Crippen LogP contribution in [0.5, 0.6) is 0 Å². The number of hydrogen-bond donors (Lipinski definition) is 1. The molecule has 1 N–H and O–H groups in total. The number of aromatic nitrogens is 1. The highest BCUT2D eigenvalue weighted by molar-refractivity contribution is 5.97. The van der Waals surface area contributed by atoms with Crippen molar-refractivity contribution in [3.8, 4) is 0 Å². The molecule has 9 heteroatoms. The molecule has 3 aliphatic rings. The number of allylic oxidation sites excluding steroid dienone is 1. The molecular weight excluding hydrogens is 506 g/mol. The highest BCUT2D eigenvalue weighted by atomic mass is 16.6. The number of hydrogen-bond acceptors (Lipinski definition) is 6. The van der Waals surface area contributed by atoms with E-state index in [0.717, 1.165) is 68.3 Å². The third-order valence-corrected chi connectivity index (χ3v) is 8.79. The van der Waals surface area contributed by atoms with Crippen molar-refractivity contribution >= 4 is 22.9 Å². The lowest BCUT2D eigenvalue weighted by atomic mass is 9.96. The van der Waals surface area contributed by atoms with Gasteiger partial charge >= 0.3 is 6.09 Å². The van der Waals surface area contributed by atoms with Crippen LogP contribution in [-0.2, 0) is 4.74 Å². The number of fused-ring (bicyclic) bond motifs is 3. The number of amides is 2. The molecule has 0 aliphatic carbocycles. The minimum Gasteiger partial charge on any atom is -0.449 e. The Balaban J connectivity index is 1.11. The summed E-state index contributed by atoms with van der Waals surface area (Å²) < 4.78 is 7.29. The number of nitrogens with zero attached hydrogens (tertiary/aromatic N) is 4. The molecule has 0 saturated carbocycles. The fourth-order valence-corrected chi connectivity index (χ4v) is 6.75. The quantitative estimate of drug-likeness (QED) is 0.501. The summed E-state index contributed by atoms with van der Waals surface area (Å²) in [5.41, 5.74) is 1.86. The fraction of sp³-hybridized carbons (Fsp3) is 0.581. The van der Waals surface area contributed by atoms with Crippen LogP contribution in [0.25, 0.3) is 10.9 Å². The second-order valence-corrected chi connectivity index (χ2v) is 11.8. The van der Waals surface area contributed by atoms with E-state index in [0.29, 0.717) is 31.8 Å². The summed E-state index contributed by atoms with van der Waals surface area (Å²) in [6.07, 6.45) is 4.55. The van der Waals surface area contributed by atoms with Crippen molar-refractivity contribution in [1.82, 2.24) is 24.6 Å². The van der Waals surface area contributed by atoms with Gasteiger partial charge < -0.3 is 24.4 Å². The molecule has 2 bridgehead atoms. The number of piperidine rings is 1. The van der Waals surface area contributed by atoms with Crippen molar-refractivity contribution in [2.45, 2.75) is 77.0 Å². The number of carbonyl (C=O) groups excluding carboxylic acids is 2. The van der Waals surface area contributed by atoms with Crippen LogP contribution in [-0.4, -0.2) is 88.7 Å². The van der Waals surface area contributed by atoms with Gasteiger partial charge in [-0.25, -0.2) is 4.79 Å². The van der Waals surface area contributed by atoms with Crippen LogP contribution in [0.3, 0.4) is 0 Å². The van der Waals surface area contributed by atoms with Crippen molar-refractivity contribution in [1.29, 1.82) is 0 Å². The largest absolute Gasteiger partial charge is 0.449 e. The van der Waals surface area contributed by atoms with E-state index in [9.17, 15) is 14.4 Å². The van der Waals surface area contributed by atoms with Crippen LogP contribution in [0.4, 0.5) is 4.79 Å². The van der Waals surface area contributed by atoms with Gasteiger partial charge in [-0.15, -0.1) is 0 Å². The maximum Gasteiger partial charge on any atom is 0.409 e. The van der Waals surface area contributed by atoms with E-state index in [-0.39, 0.29) is 35.2 Å². The number of para-hydroxylation sites is 1. The molecule has 3 fully saturated rings. The maximum absolute atomic E-state index is 13.3. The summed E-state index contributed by atoms with van der Waals surface area (Å²) in [4.78, 5) is 45.6. The molecule has 2 atom stereocenters. The van der Waals surface area contributed by atoms with Gasteiger partial charge in [0.15, 0.2) is 0 Å². The Labute approximate surface area is 236 Å². The molecule has 40 heavy (non-hydrogen) atoms. The van der Waals surface area contributed by atoms with E-state index < -0.39 is 0 Å². The smallest absolute Gasteiger partial charge is 0.409 e. The zero-order chi connectivity index (χ0) is 28.4. The van der Waals surface area contributed by atoms with Gasteiger partial charge in [0.25, 0.3) is 11.5 Å². The molecule has 9 nitrogen and oxygen atoms in total. The minimum atomic E-state index is -0.279. The standard InChI is InChI=1S/C31H43N5O4/c1-21(2)33-13-15-34(16-14-33)31(39)40-17-7-12-35-25-10-11-26(35)20-24(19-25)32-29(37)27-18-23-8-5-6-9-28(23)36(22(3)4)30(27)38/h5-6,8-9,18,22,24-26H,1,7,10-17,19-20H2,2-4H3,(H,32,37). The Morgan fingerprint density at radius 1 is 1.05 bits per heavy atom. The highest BCUT2D eigenvalue weighted by Gasteiger charge is 2.41. The zero-order valence-electron chi connectivity index (χ0n) is 24.1. The lowest BCUT2D eigenvalue weighted by Crippen LogP contribution is -2.51. The van der Waals surface area contributed by atoms with Crippen molar-refractivity contribution < 1.29 is 14.3 Å². The van der Waals surface area contributed by atoms with Gasteiger partial charge in [-0.05, 0) is 70.4 Å². The number of benzene rings is 1. The Morgan fingerprint density at radius 3 is 2.35 bits per heavy atom. The molecule has 4 heterocycles. The number of ether oxygens (including phenoxy) is 1. The average molecular weight is 550 g/mol. The van der Waals surface area contributed by atoms with Gasteiger partial charge in [-0.3, -0.25) is 14.5 Å². The molecule has 2 aromatic rings. The first-order valence-corrected chi connectivity index (χ1v) is 14.8. The predicted octanol–water partition coefficient (Wildman–Crippen LogP) is 3.99. The summed E-state index contributed by atoms with van der Waals surface area (Å²) >= 11 is 0. The Bertz CT molecular complexity index is 1300. The Hall–Kier alpha value is -3.33. The first-order chi connectivity index (χ1) is 19.2. The van der Waals surface area contributed by atoms with E-state index in [1.54, 1.807) is 15.5 Å². The topological polar surface area (TPSA) is 87.1 Å². The lowest BCUT2D eigenvalue weighted by Gasteiger charge is -2.39. The van der Waals surface area contributed by atoms with Crippen molar-refractivity contribution in [3.05, 3.63) is 58.5 Å². The molecular formula is C31H43N5O4. The molecule has 216 valence electrons. The van der Waals surface area contributed by atoms with Gasteiger partial charge in [0.1, 0.15) is 5.56 Å². The van der Waals surface area contributed by atoms with E-state index in [4.69, 9.17) is 4.74 Å². The molecule has 1 aromatic carbocycles. The molecule has 0 radical (unpaired) electrons. The van der Waals surface area contributed by atoms with Crippen LogP contribution >= 0.6 is 0 Å². The second kappa shape index (κ2) is 12.0. The van der Waals surface area contributed by atoms with E-state index >= 15 is 0 Å². The van der Waals surface area contributed by atoms with Gasteiger partial charge in [-0.1, -0.05) is 24.8 Å². The number of pyridine rings is 1. The van der Waals surface area contributed by atoms with Gasteiger partial charge in [0.2, 0.25) is 0 Å². The van der Waals surface area contributed by atoms with Crippen LogP contribution in [0.2, 0.25) is 0 Å². The van der Waals surface area contributed by atoms with Crippen LogP contribution in [0, 0.1) is 0 Å². The van der Waals surface area contributed by atoms with Gasteiger partial charge in [0, 0.05) is 62.6 Å². The maximum atomic E-state index is 13.3. The number of carbonyl (C=O) groups is 2. The van der Waals surface area contributed by atoms with E-state index in [1.807, 2.05) is 45.0 Å². The summed E-state index contributed by atoms with van der Waals surface area (Å²) in [7, 11) is 0. The number of nitrogens with one attached hydrogen (secondary N) is 1. The second-order valence-electron chi connectivity index (χ2n) is 11.8. The van der Waals surface area contributed by atoms with Crippen molar-refractivity contribution in [2.24, 2.45) is 0 Å². The average Bonchev–Trinajstić information content (AvgIpc) is 3.17. The lowest BCUT2D eigenvalue weighted by molar-refractivity contribution is 0.0696.